The first-order valence-electron chi connectivity index (χ1n) is 3.40. The van der Waals surface area contributed by atoms with E-state index in [0.29, 0.717) is 0 Å². The highest BCUT2D eigenvalue weighted by Gasteiger charge is 2.18. The molecule has 0 aliphatic heterocycles. The van der Waals surface area contributed by atoms with Crippen LogP contribution < -0.4 is 0 Å². The van der Waals surface area contributed by atoms with Crippen LogP contribution in [0.5, 0.6) is 0 Å². The molecule has 0 saturated heterocycles. The third kappa shape index (κ3) is 2.69. The van der Waals surface area contributed by atoms with Gasteiger partial charge in [-0.2, -0.15) is 0 Å². The zero-order chi connectivity index (χ0) is 10.9. The van der Waals surface area contributed by atoms with E-state index in [4.69, 9.17) is 23.2 Å². The summed E-state index contributed by atoms with van der Waals surface area (Å²) in [5.41, 5.74) is 0.0901. The van der Waals surface area contributed by atoms with Crippen molar-refractivity contribution in [3.05, 3.63) is 33.6 Å². The van der Waals surface area contributed by atoms with E-state index in [1.54, 1.807) is 0 Å². The highest BCUT2D eigenvalue weighted by Crippen LogP contribution is 2.27. The van der Waals surface area contributed by atoms with E-state index in [-0.39, 0.29) is 21.4 Å². The van der Waals surface area contributed by atoms with Crippen molar-refractivity contribution in [1.82, 2.24) is 0 Å². The van der Waals surface area contributed by atoms with Crippen LogP contribution in [-0.2, 0) is 0 Å². The van der Waals surface area contributed by atoms with E-state index in [2.05, 4.69) is 31.9 Å². The monoisotopic (exact) mass is 362 g/mol. The van der Waals surface area contributed by atoms with Crippen molar-refractivity contribution >= 4 is 60.8 Å². The first kappa shape index (κ1) is 12.4. The molecule has 6 heteroatoms. The van der Waals surface area contributed by atoms with Gasteiger partial charge in [-0.3, -0.25) is 4.79 Å². The minimum absolute atomic E-state index is 0.0901. The van der Waals surface area contributed by atoms with Crippen LogP contribution in [0.15, 0.2) is 12.1 Å². The molecule has 0 aromatic heterocycles. The lowest BCUT2D eigenvalue weighted by Crippen LogP contribution is -2.08. The average Bonchev–Trinajstić information content (AvgIpc) is 2.10. The summed E-state index contributed by atoms with van der Waals surface area (Å²) in [6, 6.07) is 2.22. The molecule has 0 spiro atoms. The fraction of sp³-hybridized carbons (Fsp3) is 0.125. The minimum atomic E-state index is -0.667. The van der Waals surface area contributed by atoms with Gasteiger partial charge in [-0.15, -0.1) is 0 Å². The average molecular weight is 365 g/mol. The molecule has 1 nitrogen and oxygen atoms in total. The fourth-order valence-corrected chi connectivity index (χ4v) is 1.80. The molecule has 1 aromatic carbocycles. The highest BCUT2D eigenvalue weighted by molar-refractivity contribution is 9.25. The molecular formula is C8H3Br2Cl2FO. The second-order valence-electron chi connectivity index (χ2n) is 2.41. The van der Waals surface area contributed by atoms with Gasteiger partial charge in [-0.1, -0.05) is 55.1 Å². The molecule has 0 aliphatic rings. The summed E-state index contributed by atoms with van der Waals surface area (Å²) in [5.74, 6) is -1.02. The van der Waals surface area contributed by atoms with Crippen molar-refractivity contribution in [1.29, 1.82) is 0 Å². The minimum Gasteiger partial charge on any atom is -0.292 e. The molecule has 0 atom stereocenters. The van der Waals surface area contributed by atoms with Crippen LogP contribution in [0.3, 0.4) is 0 Å². The van der Waals surface area contributed by atoms with Gasteiger partial charge < -0.3 is 0 Å². The predicted molar refractivity (Wildman–Crippen MR) is 62.4 cm³/mol. The van der Waals surface area contributed by atoms with Gasteiger partial charge in [0.15, 0.2) is 5.78 Å². The second kappa shape index (κ2) is 4.92. The zero-order valence-electron chi connectivity index (χ0n) is 6.53. The maximum Gasteiger partial charge on any atom is 0.188 e. The van der Waals surface area contributed by atoms with Crippen LogP contribution in [0.4, 0.5) is 4.39 Å². The normalized spacial score (nSPS) is 10.7. The van der Waals surface area contributed by atoms with Crippen LogP contribution in [0.1, 0.15) is 10.4 Å². The van der Waals surface area contributed by atoms with E-state index in [1.165, 1.54) is 6.07 Å². The summed E-state index contributed by atoms with van der Waals surface area (Å²) in [6.45, 7) is 0. The molecule has 0 amide bonds. The molecule has 0 aliphatic carbocycles. The van der Waals surface area contributed by atoms with Crippen molar-refractivity contribution in [3.8, 4) is 0 Å². The van der Waals surface area contributed by atoms with E-state index in [0.717, 1.165) is 6.07 Å². The lowest BCUT2D eigenvalue weighted by Gasteiger charge is -2.05. The molecular weight excluding hydrogens is 362 g/mol. The number of carbonyl (C=O) groups is 1. The Labute approximate surface area is 107 Å². The summed E-state index contributed by atoms with van der Waals surface area (Å²) in [4.78, 5) is 11.4. The summed E-state index contributed by atoms with van der Waals surface area (Å²) < 4.78 is 12.4. The van der Waals surface area contributed by atoms with E-state index in [9.17, 15) is 9.18 Å². The van der Waals surface area contributed by atoms with Gasteiger partial charge in [0.2, 0.25) is 0 Å². The Kier molecular flexibility index (Phi) is 4.37. The molecule has 0 N–H and O–H groups in total. The van der Waals surface area contributed by atoms with Gasteiger partial charge in [0, 0.05) is 5.56 Å². The summed E-state index contributed by atoms with van der Waals surface area (Å²) >= 11 is 17.2. The third-order valence-corrected chi connectivity index (χ3v) is 2.91. The predicted octanol–water partition coefficient (Wildman–Crippen LogP) is 4.43. The standard InChI is InChI=1S/C8H3Br2Cl2FO/c9-8(10)7(14)3-1-6(13)5(12)2-4(3)11/h1-2,8H. The number of hydrogen-bond acceptors (Lipinski definition) is 1. The highest BCUT2D eigenvalue weighted by atomic mass is 79.9. The lowest BCUT2D eigenvalue weighted by atomic mass is 10.1. The SMILES string of the molecule is O=C(c1cc(F)c(Cl)cc1Cl)C(Br)Br. The Morgan fingerprint density at radius 3 is 2.36 bits per heavy atom. The molecule has 0 radical (unpaired) electrons. The van der Waals surface area contributed by atoms with Gasteiger partial charge in [0.05, 0.1) is 10.0 Å². The van der Waals surface area contributed by atoms with E-state index >= 15 is 0 Å². The van der Waals surface area contributed by atoms with Gasteiger partial charge in [-0.25, -0.2) is 4.39 Å². The molecule has 14 heavy (non-hydrogen) atoms. The van der Waals surface area contributed by atoms with Crippen LogP contribution in [0.2, 0.25) is 10.0 Å². The Bertz CT molecular complexity index is 382. The van der Waals surface area contributed by atoms with E-state index < -0.39 is 9.55 Å². The van der Waals surface area contributed by atoms with E-state index in [1.807, 2.05) is 0 Å². The Hall–Kier alpha value is 0.360. The largest absolute Gasteiger partial charge is 0.292 e. The quantitative estimate of drug-likeness (QED) is 0.431. The summed E-state index contributed by atoms with van der Waals surface area (Å²) in [5, 5.41) is 0.0255. The second-order valence-corrected chi connectivity index (χ2v) is 6.29. The maximum atomic E-state index is 13.0. The fourth-order valence-electron chi connectivity index (χ4n) is 0.829. The summed E-state index contributed by atoms with van der Waals surface area (Å²) in [6.07, 6.45) is 0. The zero-order valence-corrected chi connectivity index (χ0v) is 11.2. The van der Waals surface area contributed by atoms with Crippen LogP contribution in [0.25, 0.3) is 0 Å². The number of ketones is 1. The molecule has 0 heterocycles. The number of benzene rings is 1. The molecule has 0 fully saturated rings. The number of rotatable bonds is 2. The van der Waals surface area contributed by atoms with Gasteiger partial charge in [0.25, 0.3) is 0 Å². The van der Waals surface area contributed by atoms with Crippen LogP contribution in [-0.4, -0.2) is 9.52 Å². The molecule has 1 aromatic rings. The van der Waals surface area contributed by atoms with Crippen molar-refractivity contribution in [2.75, 3.05) is 0 Å². The number of carbonyl (C=O) groups excluding carboxylic acids is 1. The molecule has 0 unspecified atom stereocenters. The summed E-state index contributed by atoms with van der Waals surface area (Å²) in [7, 11) is 0. The number of Topliss-reactive ketones (excluding diaryl/α,β-unsaturated/α-hetero) is 1. The van der Waals surface area contributed by atoms with Crippen molar-refractivity contribution in [3.63, 3.8) is 0 Å². The van der Waals surface area contributed by atoms with Crippen molar-refractivity contribution in [2.45, 2.75) is 3.74 Å². The number of hydrogen-bond donors (Lipinski definition) is 0. The Morgan fingerprint density at radius 1 is 1.29 bits per heavy atom. The first-order valence-corrected chi connectivity index (χ1v) is 5.99. The number of halogens is 5. The van der Waals surface area contributed by atoms with Gasteiger partial charge in [0.1, 0.15) is 9.55 Å². The first-order chi connectivity index (χ1) is 6.43. The van der Waals surface area contributed by atoms with Crippen molar-refractivity contribution in [2.24, 2.45) is 0 Å². The number of alkyl halides is 2. The Morgan fingerprint density at radius 2 is 1.86 bits per heavy atom. The molecule has 1 rings (SSSR count). The molecule has 0 bridgehead atoms. The Balaban J connectivity index is 3.22. The van der Waals surface area contributed by atoms with Crippen molar-refractivity contribution < 1.29 is 9.18 Å². The smallest absolute Gasteiger partial charge is 0.188 e. The molecule has 0 saturated carbocycles. The van der Waals surface area contributed by atoms with Gasteiger partial charge in [-0.05, 0) is 12.1 Å². The van der Waals surface area contributed by atoms with Gasteiger partial charge >= 0.3 is 0 Å². The topological polar surface area (TPSA) is 17.1 Å². The maximum absolute atomic E-state index is 13.0. The lowest BCUT2D eigenvalue weighted by molar-refractivity contribution is 0.101. The third-order valence-electron chi connectivity index (χ3n) is 1.47. The van der Waals surface area contributed by atoms with Crippen LogP contribution >= 0.6 is 55.1 Å². The van der Waals surface area contributed by atoms with Crippen LogP contribution in [0, 0.1) is 5.82 Å². The molecule has 76 valence electrons.